The van der Waals surface area contributed by atoms with Crippen molar-refractivity contribution >= 4 is 18.0 Å². The van der Waals surface area contributed by atoms with Crippen molar-refractivity contribution in [1.82, 2.24) is 19.2 Å². The van der Waals surface area contributed by atoms with E-state index in [0.717, 1.165) is 42.5 Å². The molecular formula is C26H26N4OS. The van der Waals surface area contributed by atoms with E-state index in [4.69, 9.17) is 12.2 Å². The van der Waals surface area contributed by atoms with Crippen LogP contribution >= 0.6 is 12.2 Å². The van der Waals surface area contributed by atoms with Crippen molar-refractivity contribution < 1.29 is 0 Å². The Morgan fingerprint density at radius 3 is 2.56 bits per heavy atom. The standard InChI is InChI=1S/C26H26N4OS/c31-23-21-22(20-12-6-5-11-19(20)17-26(21)14-7-2-8-15-26)30-24(27-28-25(30)32)29(23)16-13-18-9-3-1-4-10-18/h1,3-6,9-12H,2,7-8,13-17H2,(H,28,32). The highest BCUT2D eigenvalue weighted by Crippen LogP contribution is 2.49. The van der Waals surface area contributed by atoms with Gasteiger partial charge in [-0.05, 0) is 49.0 Å². The zero-order valence-electron chi connectivity index (χ0n) is 18.0. The number of rotatable bonds is 3. The van der Waals surface area contributed by atoms with Crippen LogP contribution in [-0.4, -0.2) is 19.2 Å². The van der Waals surface area contributed by atoms with Crippen molar-refractivity contribution in [1.29, 1.82) is 0 Å². The van der Waals surface area contributed by atoms with Gasteiger partial charge in [0.1, 0.15) is 0 Å². The molecule has 0 amide bonds. The predicted molar refractivity (Wildman–Crippen MR) is 129 cm³/mol. The van der Waals surface area contributed by atoms with Gasteiger partial charge in [0, 0.05) is 23.1 Å². The summed E-state index contributed by atoms with van der Waals surface area (Å²) in [7, 11) is 0. The Morgan fingerprint density at radius 1 is 1.00 bits per heavy atom. The molecule has 1 fully saturated rings. The molecule has 6 heteroatoms. The van der Waals surface area contributed by atoms with Crippen LogP contribution in [0.2, 0.25) is 0 Å². The molecule has 0 atom stereocenters. The first-order valence-corrected chi connectivity index (χ1v) is 12.0. The monoisotopic (exact) mass is 442 g/mol. The lowest BCUT2D eigenvalue weighted by molar-refractivity contribution is 0.283. The van der Waals surface area contributed by atoms with Gasteiger partial charge in [0.25, 0.3) is 5.56 Å². The number of nitrogens with zero attached hydrogens (tertiary/aromatic N) is 3. The molecule has 0 bridgehead atoms. The molecule has 1 saturated carbocycles. The summed E-state index contributed by atoms with van der Waals surface area (Å²) in [6, 6.07) is 18.8. The third-order valence-corrected chi connectivity index (χ3v) is 7.70. The summed E-state index contributed by atoms with van der Waals surface area (Å²) in [4.78, 5) is 14.2. The minimum absolute atomic E-state index is 0.105. The first kappa shape index (κ1) is 19.7. The molecule has 6 rings (SSSR count). The van der Waals surface area contributed by atoms with E-state index in [0.29, 0.717) is 17.1 Å². The fourth-order valence-electron chi connectivity index (χ4n) is 5.94. The zero-order valence-corrected chi connectivity index (χ0v) is 18.8. The van der Waals surface area contributed by atoms with Gasteiger partial charge < -0.3 is 0 Å². The van der Waals surface area contributed by atoms with Crippen LogP contribution in [0.4, 0.5) is 0 Å². The van der Waals surface area contributed by atoms with Gasteiger partial charge >= 0.3 is 0 Å². The Morgan fingerprint density at radius 2 is 1.75 bits per heavy atom. The minimum Gasteiger partial charge on any atom is -0.276 e. The first-order valence-electron chi connectivity index (χ1n) is 11.5. The van der Waals surface area contributed by atoms with Crippen LogP contribution in [-0.2, 0) is 24.8 Å². The Kier molecular flexibility index (Phi) is 4.65. The molecule has 0 unspecified atom stereocenters. The third kappa shape index (κ3) is 2.93. The molecule has 0 aliphatic heterocycles. The fraction of sp³-hybridized carbons (Fsp3) is 0.346. The van der Waals surface area contributed by atoms with Gasteiger partial charge in [-0.2, -0.15) is 0 Å². The largest absolute Gasteiger partial charge is 0.276 e. The van der Waals surface area contributed by atoms with Crippen molar-refractivity contribution in [2.24, 2.45) is 0 Å². The SMILES string of the molecule is O=c1c2c(n3c(=S)[nH]nc3n1CCc1ccccc1)-c1ccccc1CC21CCCCC1. The quantitative estimate of drug-likeness (QED) is 0.443. The highest BCUT2D eigenvalue weighted by molar-refractivity contribution is 7.71. The Labute approximate surface area is 191 Å². The highest BCUT2D eigenvalue weighted by Gasteiger charge is 2.43. The van der Waals surface area contributed by atoms with Crippen molar-refractivity contribution in [3.8, 4) is 11.3 Å². The lowest BCUT2D eigenvalue weighted by atomic mass is 9.62. The maximum Gasteiger partial charge on any atom is 0.259 e. The smallest absolute Gasteiger partial charge is 0.259 e. The molecule has 2 aromatic carbocycles. The van der Waals surface area contributed by atoms with Crippen LogP contribution in [0.15, 0.2) is 59.4 Å². The summed E-state index contributed by atoms with van der Waals surface area (Å²) in [5.41, 5.74) is 5.54. The first-order chi connectivity index (χ1) is 15.7. The van der Waals surface area contributed by atoms with Gasteiger partial charge in [-0.15, -0.1) is 5.10 Å². The molecule has 4 aromatic rings. The minimum atomic E-state index is -0.117. The van der Waals surface area contributed by atoms with Crippen LogP contribution in [0.1, 0.15) is 48.8 Å². The summed E-state index contributed by atoms with van der Waals surface area (Å²) >= 11 is 5.70. The predicted octanol–water partition coefficient (Wildman–Crippen LogP) is 5.22. The van der Waals surface area contributed by atoms with Crippen LogP contribution in [0.3, 0.4) is 0 Å². The molecular weight excluding hydrogens is 416 g/mol. The molecule has 0 radical (unpaired) electrons. The number of nitrogens with one attached hydrogen (secondary N) is 1. The van der Waals surface area contributed by atoms with E-state index >= 15 is 0 Å². The Balaban J connectivity index is 1.64. The number of aromatic nitrogens is 4. The number of hydrogen-bond acceptors (Lipinski definition) is 3. The van der Waals surface area contributed by atoms with Gasteiger partial charge in [0.15, 0.2) is 0 Å². The van der Waals surface area contributed by atoms with E-state index in [1.165, 1.54) is 30.4 Å². The molecule has 1 N–H and O–H groups in total. The number of aryl methyl sites for hydroxylation is 2. The number of hydrogen-bond donors (Lipinski definition) is 1. The summed E-state index contributed by atoms with van der Waals surface area (Å²) in [5, 5.41) is 7.49. The molecule has 162 valence electrons. The normalized spacial score (nSPS) is 16.8. The van der Waals surface area contributed by atoms with Crippen LogP contribution in [0.5, 0.6) is 0 Å². The molecule has 2 heterocycles. The molecule has 2 aliphatic rings. The number of fused-ring (bicyclic) bond motifs is 6. The van der Waals surface area contributed by atoms with E-state index in [1.807, 2.05) is 27.2 Å². The lowest BCUT2D eigenvalue weighted by Gasteiger charge is -2.42. The summed E-state index contributed by atoms with van der Waals surface area (Å²) in [6.45, 7) is 0.580. The average Bonchev–Trinajstić information content (AvgIpc) is 3.21. The maximum atomic E-state index is 14.2. The second-order valence-corrected chi connectivity index (χ2v) is 9.64. The molecule has 32 heavy (non-hydrogen) atoms. The van der Waals surface area contributed by atoms with Crippen LogP contribution in [0.25, 0.3) is 17.0 Å². The fourth-order valence-corrected chi connectivity index (χ4v) is 6.16. The van der Waals surface area contributed by atoms with Gasteiger partial charge in [0.2, 0.25) is 10.5 Å². The highest BCUT2D eigenvalue weighted by atomic mass is 32.1. The Bertz CT molecular complexity index is 1420. The van der Waals surface area contributed by atoms with Gasteiger partial charge in [0.05, 0.1) is 5.69 Å². The molecule has 2 aliphatic carbocycles. The van der Waals surface area contributed by atoms with Gasteiger partial charge in [-0.25, -0.2) is 5.10 Å². The van der Waals surface area contributed by atoms with E-state index in [-0.39, 0.29) is 11.0 Å². The van der Waals surface area contributed by atoms with Crippen molar-refractivity contribution in [2.45, 2.75) is 56.9 Å². The maximum absolute atomic E-state index is 14.2. The third-order valence-electron chi connectivity index (χ3n) is 7.42. The van der Waals surface area contributed by atoms with Crippen molar-refractivity contribution in [2.75, 3.05) is 0 Å². The number of H-pyrrole nitrogens is 1. The van der Waals surface area contributed by atoms with E-state index in [1.54, 1.807) is 0 Å². The van der Waals surface area contributed by atoms with E-state index in [9.17, 15) is 4.79 Å². The Hall–Kier alpha value is -2.99. The van der Waals surface area contributed by atoms with Crippen LogP contribution < -0.4 is 5.56 Å². The average molecular weight is 443 g/mol. The van der Waals surface area contributed by atoms with E-state index in [2.05, 4.69) is 46.6 Å². The zero-order chi connectivity index (χ0) is 21.7. The molecule has 0 saturated heterocycles. The van der Waals surface area contributed by atoms with Crippen molar-refractivity contribution in [3.63, 3.8) is 0 Å². The van der Waals surface area contributed by atoms with Crippen molar-refractivity contribution in [3.05, 3.63) is 86.4 Å². The second-order valence-electron chi connectivity index (χ2n) is 9.26. The number of benzene rings is 2. The summed E-state index contributed by atoms with van der Waals surface area (Å²) < 4.78 is 4.42. The summed E-state index contributed by atoms with van der Waals surface area (Å²) in [5.74, 6) is 0.609. The molecule has 1 spiro atoms. The van der Waals surface area contributed by atoms with Gasteiger partial charge in [-0.1, -0.05) is 73.9 Å². The number of aromatic amines is 1. The molecule has 5 nitrogen and oxygen atoms in total. The van der Waals surface area contributed by atoms with Crippen LogP contribution in [0, 0.1) is 4.77 Å². The van der Waals surface area contributed by atoms with E-state index < -0.39 is 0 Å². The topological polar surface area (TPSA) is 55.1 Å². The summed E-state index contributed by atoms with van der Waals surface area (Å²) in [6.07, 6.45) is 7.39. The lowest BCUT2D eigenvalue weighted by Crippen LogP contribution is -2.43. The van der Waals surface area contributed by atoms with Gasteiger partial charge in [-0.3, -0.25) is 13.8 Å². The second kappa shape index (κ2) is 7.55. The molecule has 2 aromatic heterocycles.